The number of rotatable bonds is 6. The van der Waals surface area contributed by atoms with Gasteiger partial charge in [0.15, 0.2) is 0 Å². The van der Waals surface area contributed by atoms with Crippen LogP contribution >= 0.6 is 11.3 Å². The highest BCUT2D eigenvalue weighted by atomic mass is 32.1. The van der Waals surface area contributed by atoms with Gasteiger partial charge in [0.2, 0.25) is 11.7 Å². The second kappa shape index (κ2) is 7.48. The molecule has 1 N–H and O–H groups in total. The zero-order chi connectivity index (χ0) is 18.8. The maximum Gasteiger partial charge on any atom is 0.318 e. The fourth-order valence-electron chi connectivity index (χ4n) is 2.85. The Morgan fingerprint density at radius 2 is 2.11 bits per heavy atom. The van der Waals surface area contributed by atoms with Crippen molar-refractivity contribution in [2.24, 2.45) is 0 Å². The molecule has 140 valence electrons. The van der Waals surface area contributed by atoms with Crippen LogP contribution in [0.4, 0.5) is 4.79 Å². The van der Waals surface area contributed by atoms with Crippen molar-refractivity contribution in [3.05, 3.63) is 52.3 Å². The minimum atomic E-state index is -0.369. The standard InChI is InChI=1S/C19H21N5O2S/c1-12-3-6-16(27-12)11-24(15-4-5-15)19(25)21-13(2)18-22-17(23-26-18)14-7-9-20-10-8-14/h3,6-10,13,15H,4-5,11H2,1-2H3,(H,21,25). The highest BCUT2D eigenvalue weighted by Gasteiger charge is 2.34. The number of thiophene rings is 1. The number of aromatic nitrogens is 3. The minimum absolute atomic E-state index is 0.0975. The highest BCUT2D eigenvalue weighted by molar-refractivity contribution is 7.11. The summed E-state index contributed by atoms with van der Waals surface area (Å²) in [6.07, 6.45) is 5.46. The molecule has 0 aliphatic heterocycles. The maximum atomic E-state index is 12.8. The molecule has 0 aromatic carbocycles. The molecule has 1 aliphatic carbocycles. The number of amides is 2. The molecule has 3 heterocycles. The van der Waals surface area contributed by atoms with Crippen LogP contribution in [0.2, 0.25) is 0 Å². The van der Waals surface area contributed by atoms with Gasteiger partial charge in [-0.05, 0) is 51.0 Å². The van der Waals surface area contributed by atoms with Crippen molar-refractivity contribution >= 4 is 17.4 Å². The lowest BCUT2D eigenvalue weighted by molar-refractivity contribution is 0.186. The summed E-state index contributed by atoms with van der Waals surface area (Å²) in [4.78, 5) is 25.6. The highest BCUT2D eigenvalue weighted by Crippen LogP contribution is 2.30. The Morgan fingerprint density at radius 1 is 1.33 bits per heavy atom. The summed E-state index contributed by atoms with van der Waals surface area (Å²) in [5.41, 5.74) is 0.825. The maximum absolute atomic E-state index is 12.8. The van der Waals surface area contributed by atoms with Crippen LogP contribution in [-0.4, -0.2) is 32.1 Å². The lowest BCUT2D eigenvalue weighted by Crippen LogP contribution is -2.41. The molecule has 0 radical (unpaired) electrons. The van der Waals surface area contributed by atoms with Crippen LogP contribution in [0.1, 0.15) is 41.5 Å². The molecular formula is C19H21N5O2S. The number of aryl methyl sites for hydroxylation is 1. The Hall–Kier alpha value is -2.74. The predicted octanol–water partition coefficient (Wildman–Crippen LogP) is 3.94. The molecule has 3 aromatic rings. The van der Waals surface area contributed by atoms with Crippen molar-refractivity contribution < 1.29 is 9.32 Å². The normalized spacial score (nSPS) is 14.7. The van der Waals surface area contributed by atoms with E-state index in [1.807, 2.05) is 24.0 Å². The zero-order valence-electron chi connectivity index (χ0n) is 15.3. The van der Waals surface area contributed by atoms with Crippen molar-refractivity contribution in [3.63, 3.8) is 0 Å². The van der Waals surface area contributed by atoms with E-state index in [9.17, 15) is 4.79 Å². The molecule has 1 aliphatic rings. The fourth-order valence-corrected chi connectivity index (χ4v) is 3.74. The van der Waals surface area contributed by atoms with Crippen LogP contribution in [0.25, 0.3) is 11.4 Å². The first kappa shape index (κ1) is 17.7. The first-order chi connectivity index (χ1) is 13.1. The van der Waals surface area contributed by atoms with Gasteiger partial charge in [-0.3, -0.25) is 4.98 Å². The van der Waals surface area contributed by atoms with Crippen molar-refractivity contribution in [2.45, 2.75) is 45.3 Å². The van der Waals surface area contributed by atoms with Gasteiger partial charge in [-0.25, -0.2) is 4.79 Å². The summed E-state index contributed by atoms with van der Waals surface area (Å²) in [7, 11) is 0. The summed E-state index contributed by atoms with van der Waals surface area (Å²) in [5.74, 6) is 0.875. The summed E-state index contributed by atoms with van der Waals surface area (Å²) in [6.45, 7) is 4.56. The van der Waals surface area contributed by atoms with Gasteiger partial charge in [-0.15, -0.1) is 11.3 Å². The first-order valence-electron chi connectivity index (χ1n) is 8.96. The molecule has 1 unspecified atom stereocenters. The van der Waals surface area contributed by atoms with Gasteiger partial charge in [-0.1, -0.05) is 5.16 Å². The van der Waals surface area contributed by atoms with Crippen molar-refractivity contribution in [1.82, 2.24) is 25.3 Å². The van der Waals surface area contributed by atoms with Gasteiger partial charge in [0, 0.05) is 33.8 Å². The Balaban J connectivity index is 1.42. The third kappa shape index (κ3) is 4.16. The van der Waals surface area contributed by atoms with Crippen LogP contribution < -0.4 is 5.32 Å². The molecule has 0 saturated heterocycles. The molecule has 1 fully saturated rings. The lowest BCUT2D eigenvalue weighted by Gasteiger charge is -2.23. The van der Waals surface area contributed by atoms with Crippen LogP contribution in [0, 0.1) is 6.92 Å². The molecule has 27 heavy (non-hydrogen) atoms. The summed E-state index contributed by atoms with van der Waals surface area (Å²) in [6, 6.07) is 7.66. The Bertz CT molecular complexity index is 919. The number of nitrogens with zero attached hydrogens (tertiary/aromatic N) is 4. The van der Waals surface area contributed by atoms with E-state index in [4.69, 9.17) is 4.52 Å². The van der Waals surface area contributed by atoms with E-state index in [1.54, 1.807) is 23.7 Å². The number of pyridine rings is 1. The Morgan fingerprint density at radius 3 is 2.78 bits per heavy atom. The molecule has 0 spiro atoms. The van der Waals surface area contributed by atoms with E-state index in [0.29, 0.717) is 24.3 Å². The summed E-state index contributed by atoms with van der Waals surface area (Å²) < 4.78 is 5.35. The van der Waals surface area contributed by atoms with E-state index >= 15 is 0 Å². The van der Waals surface area contributed by atoms with E-state index < -0.39 is 0 Å². The van der Waals surface area contributed by atoms with Crippen LogP contribution in [0.5, 0.6) is 0 Å². The number of nitrogens with one attached hydrogen (secondary N) is 1. The van der Waals surface area contributed by atoms with Crippen LogP contribution in [0.3, 0.4) is 0 Å². The van der Waals surface area contributed by atoms with Crippen molar-refractivity contribution in [1.29, 1.82) is 0 Å². The van der Waals surface area contributed by atoms with Gasteiger partial charge in [0.1, 0.15) is 6.04 Å². The average Bonchev–Trinajstić information content (AvgIpc) is 3.23. The lowest BCUT2D eigenvalue weighted by atomic mass is 10.2. The van der Waals surface area contributed by atoms with Gasteiger partial charge >= 0.3 is 6.03 Å². The molecule has 3 aromatic heterocycles. The third-order valence-electron chi connectivity index (χ3n) is 4.46. The van der Waals surface area contributed by atoms with Gasteiger partial charge < -0.3 is 14.7 Å². The monoisotopic (exact) mass is 383 g/mol. The Kier molecular flexibility index (Phi) is 4.89. The predicted molar refractivity (Wildman–Crippen MR) is 102 cm³/mol. The third-order valence-corrected chi connectivity index (χ3v) is 5.45. The number of hydrogen-bond donors (Lipinski definition) is 1. The fraction of sp³-hybridized carbons (Fsp3) is 0.368. The van der Waals surface area contributed by atoms with E-state index in [-0.39, 0.29) is 12.1 Å². The van der Waals surface area contributed by atoms with Crippen molar-refractivity contribution in [3.8, 4) is 11.4 Å². The summed E-state index contributed by atoms with van der Waals surface area (Å²) in [5, 5.41) is 6.99. The number of hydrogen-bond acceptors (Lipinski definition) is 6. The summed E-state index contributed by atoms with van der Waals surface area (Å²) >= 11 is 1.73. The number of carbonyl (C=O) groups excluding carboxylic acids is 1. The van der Waals surface area contributed by atoms with E-state index in [2.05, 4.69) is 39.5 Å². The molecule has 4 rings (SSSR count). The molecule has 8 heteroatoms. The first-order valence-corrected chi connectivity index (χ1v) is 9.78. The number of urea groups is 1. The van der Waals surface area contributed by atoms with Crippen LogP contribution in [-0.2, 0) is 6.54 Å². The largest absolute Gasteiger partial charge is 0.337 e. The molecule has 2 amide bonds. The zero-order valence-corrected chi connectivity index (χ0v) is 16.1. The molecular weight excluding hydrogens is 362 g/mol. The number of carbonyl (C=O) groups is 1. The topological polar surface area (TPSA) is 84.2 Å². The second-order valence-corrected chi connectivity index (χ2v) is 8.11. The Labute approximate surface area is 161 Å². The van der Waals surface area contributed by atoms with Gasteiger partial charge in [0.25, 0.3) is 0 Å². The molecule has 1 atom stereocenters. The smallest absolute Gasteiger partial charge is 0.318 e. The van der Waals surface area contributed by atoms with E-state index in [0.717, 1.165) is 18.4 Å². The quantitative estimate of drug-likeness (QED) is 0.697. The van der Waals surface area contributed by atoms with Crippen molar-refractivity contribution in [2.75, 3.05) is 0 Å². The molecule has 7 nitrogen and oxygen atoms in total. The van der Waals surface area contributed by atoms with Crippen LogP contribution in [0.15, 0.2) is 41.2 Å². The minimum Gasteiger partial charge on any atom is -0.337 e. The SMILES string of the molecule is Cc1ccc(CN(C(=O)NC(C)c2nc(-c3ccncc3)no2)C2CC2)s1. The van der Waals surface area contributed by atoms with E-state index in [1.165, 1.54) is 9.75 Å². The second-order valence-electron chi connectivity index (χ2n) is 6.73. The average molecular weight is 383 g/mol. The van der Waals surface area contributed by atoms with Gasteiger partial charge in [0.05, 0.1) is 6.54 Å². The van der Waals surface area contributed by atoms with Gasteiger partial charge in [-0.2, -0.15) is 4.98 Å². The molecule has 0 bridgehead atoms. The molecule has 1 saturated carbocycles.